The minimum absolute atomic E-state index is 0. The van der Waals surface area contributed by atoms with Crippen LogP contribution in [0.4, 0.5) is 0 Å². The van der Waals surface area contributed by atoms with E-state index < -0.39 is 0 Å². The van der Waals surface area contributed by atoms with Gasteiger partial charge in [0, 0.05) is 32.7 Å². The summed E-state index contributed by atoms with van der Waals surface area (Å²) in [6, 6.07) is 2.07. The topological polar surface area (TPSA) is 27.0 Å². The van der Waals surface area contributed by atoms with E-state index in [2.05, 4.69) is 18.8 Å². The van der Waals surface area contributed by atoms with Crippen LogP contribution in [0.5, 0.6) is 0 Å². The summed E-state index contributed by atoms with van der Waals surface area (Å²) in [6.45, 7) is 5.64. The number of nitrogens with zero attached hydrogens (tertiary/aromatic N) is 2. The molecule has 0 amide bonds. The monoisotopic (exact) mass is 234 g/mol. The fraction of sp³-hybridized carbons (Fsp3) is 0.222. The van der Waals surface area contributed by atoms with E-state index in [-0.39, 0.29) is 32.7 Å². The van der Waals surface area contributed by atoms with Gasteiger partial charge in [-0.15, -0.1) is 24.4 Å². The van der Waals surface area contributed by atoms with Crippen LogP contribution >= 0.6 is 0 Å². The van der Waals surface area contributed by atoms with Crippen molar-refractivity contribution >= 4 is 0 Å². The first-order chi connectivity index (χ1) is 5.15. The summed E-state index contributed by atoms with van der Waals surface area (Å²) in [5.41, 5.74) is 2.28. The molecule has 0 N–H and O–H groups in total. The Labute approximate surface area is 98.1 Å². The van der Waals surface area contributed by atoms with Crippen molar-refractivity contribution < 1.29 is 32.7 Å². The molecule has 0 aromatic rings. The van der Waals surface area contributed by atoms with Crippen LogP contribution in [-0.4, -0.2) is 11.9 Å². The van der Waals surface area contributed by atoms with E-state index in [4.69, 9.17) is 5.26 Å². The average molecular weight is 234 g/mol. The zero-order valence-corrected chi connectivity index (χ0v) is 10.1. The van der Waals surface area contributed by atoms with Crippen LogP contribution in [-0.2, 0) is 32.7 Å². The molecule has 1 aliphatic heterocycles. The standard InChI is InChI=1S/C9H9N2.Y/c1-7-4-9(5-10)8(2)11(3)6-7;/h4H,2H2,1,3H3;/q-1;. The van der Waals surface area contributed by atoms with Gasteiger partial charge in [0.2, 0.25) is 0 Å². The van der Waals surface area contributed by atoms with Crippen LogP contribution in [0.1, 0.15) is 6.92 Å². The number of nitriles is 1. The van der Waals surface area contributed by atoms with Crippen molar-refractivity contribution in [2.24, 2.45) is 0 Å². The Kier molecular flexibility index (Phi) is 4.45. The normalized spacial score (nSPS) is 15.8. The molecule has 12 heavy (non-hydrogen) atoms. The molecular weight excluding hydrogens is 225 g/mol. The van der Waals surface area contributed by atoms with Crippen molar-refractivity contribution in [1.82, 2.24) is 4.90 Å². The van der Waals surface area contributed by atoms with Crippen molar-refractivity contribution in [2.45, 2.75) is 6.92 Å². The fourth-order valence-corrected chi connectivity index (χ4v) is 0.942. The maximum atomic E-state index is 8.65. The Balaban J connectivity index is 0.00000121. The molecule has 2 nitrogen and oxygen atoms in total. The molecule has 0 aromatic carbocycles. The van der Waals surface area contributed by atoms with Gasteiger partial charge in [-0.2, -0.15) is 5.26 Å². The van der Waals surface area contributed by atoms with E-state index in [0.29, 0.717) is 11.3 Å². The summed E-state index contributed by atoms with van der Waals surface area (Å²) in [7, 11) is 1.83. The first kappa shape index (κ1) is 11.6. The molecule has 1 aliphatic rings. The molecule has 3 heteroatoms. The Morgan fingerprint density at radius 3 is 2.75 bits per heavy atom. The molecule has 0 saturated heterocycles. The minimum Gasteiger partial charge on any atom is -0.457 e. The third kappa shape index (κ3) is 2.30. The predicted molar refractivity (Wildman–Crippen MR) is 43.0 cm³/mol. The molecule has 0 spiro atoms. The van der Waals surface area contributed by atoms with Crippen LogP contribution in [0.25, 0.3) is 0 Å². The van der Waals surface area contributed by atoms with Gasteiger partial charge in [0.25, 0.3) is 0 Å². The van der Waals surface area contributed by atoms with Crippen LogP contribution in [0, 0.1) is 17.5 Å². The maximum Gasteiger partial charge on any atom is 0.0745 e. The predicted octanol–water partition coefficient (Wildman–Crippen LogP) is 1.60. The molecule has 1 heterocycles. The smallest absolute Gasteiger partial charge is 0.0745 e. The fourth-order valence-electron chi connectivity index (χ4n) is 0.942. The number of rotatable bonds is 0. The van der Waals surface area contributed by atoms with Gasteiger partial charge < -0.3 is 4.90 Å². The second-order valence-corrected chi connectivity index (χ2v) is 2.47. The Bertz CT molecular complexity index is 294. The van der Waals surface area contributed by atoms with E-state index in [1.54, 1.807) is 11.0 Å². The zero-order valence-electron chi connectivity index (χ0n) is 7.26. The van der Waals surface area contributed by atoms with Gasteiger partial charge in [0.1, 0.15) is 0 Å². The van der Waals surface area contributed by atoms with Gasteiger partial charge in [-0.1, -0.05) is 12.6 Å². The van der Waals surface area contributed by atoms with Gasteiger partial charge in [0.15, 0.2) is 0 Å². The van der Waals surface area contributed by atoms with E-state index in [0.717, 1.165) is 5.57 Å². The van der Waals surface area contributed by atoms with E-state index in [9.17, 15) is 0 Å². The first-order valence-corrected chi connectivity index (χ1v) is 3.30. The largest absolute Gasteiger partial charge is 0.457 e. The maximum absolute atomic E-state index is 8.65. The Hall–Kier alpha value is -0.386. The molecule has 0 bridgehead atoms. The summed E-state index contributed by atoms with van der Waals surface area (Å²) in [6.07, 6.45) is 4.80. The van der Waals surface area contributed by atoms with Gasteiger partial charge >= 0.3 is 0 Å². The van der Waals surface area contributed by atoms with Gasteiger partial charge in [-0.3, -0.25) is 0 Å². The van der Waals surface area contributed by atoms with E-state index in [1.165, 1.54) is 0 Å². The third-order valence-corrected chi connectivity index (χ3v) is 1.54. The first-order valence-electron chi connectivity index (χ1n) is 3.30. The van der Waals surface area contributed by atoms with Crippen molar-refractivity contribution in [3.63, 3.8) is 0 Å². The van der Waals surface area contributed by atoms with Gasteiger partial charge in [-0.05, 0) is 12.6 Å². The number of hydrogen-bond donors (Lipinski definition) is 0. The second kappa shape index (κ2) is 4.59. The van der Waals surface area contributed by atoms with Crippen LogP contribution in [0.2, 0.25) is 0 Å². The average Bonchev–Trinajstić information content (AvgIpc) is 1.96. The molecule has 0 aliphatic carbocycles. The van der Waals surface area contributed by atoms with Crippen molar-refractivity contribution in [3.05, 3.63) is 35.7 Å². The van der Waals surface area contributed by atoms with Crippen LogP contribution < -0.4 is 0 Å². The third-order valence-electron chi connectivity index (χ3n) is 1.54. The van der Waals surface area contributed by atoms with Gasteiger partial charge in [-0.25, -0.2) is 0 Å². The Morgan fingerprint density at radius 1 is 1.67 bits per heavy atom. The van der Waals surface area contributed by atoms with Crippen molar-refractivity contribution in [3.8, 4) is 6.07 Å². The Morgan fingerprint density at radius 2 is 2.25 bits per heavy atom. The van der Waals surface area contributed by atoms with Gasteiger partial charge in [0.05, 0.1) is 6.07 Å². The molecule has 1 radical (unpaired) electrons. The molecule has 0 atom stereocenters. The summed E-state index contributed by atoms with van der Waals surface area (Å²) < 4.78 is 0. The second-order valence-electron chi connectivity index (χ2n) is 2.47. The van der Waals surface area contributed by atoms with E-state index >= 15 is 0 Å². The molecular formula is C9H9N2Y-. The molecule has 0 unspecified atom stereocenters. The van der Waals surface area contributed by atoms with Crippen molar-refractivity contribution in [2.75, 3.05) is 7.05 Å². The van der Waals surface area contributed by atoms with Crippen molar-refractivity contribution in [1.29, 1.82) is 5.26 Å². The molecule has 0 fully saturated rings. The number of hydrogen-bond acceptors (Lipinski definition) is 2. The summed E-state index contributed by atoms with van der Waals surface area (Å²) in [5, 5.41) is 8.65. The number of likely N-dealkylation sites (N-methyl/N-ethyl adjacent to an activating group) is 1. The van der Waals surface area contributed by atoms with Crippen LogP contribution in [0.3, 0.4) is 0 Å². The summed E-state index contributed by atoms with van der Waals surface area (Å²) in [5.74, 6) is 0. The molecule has 0 aromatic heterocycles. The molecule has 0 saturated carbocycles. The minimum atomic E-state index is 0. The number of allylic oxidation sites excluding steroid dienone is 3. The molecule has 1 rings (SSSR count). The SMILES string of the molecule is C=C1C(C#N)=CC(C)=[C-]N1C.[Y]. The summed E-state index contributed by atoms with van der Waals surface area (Å²) >= 11 is 0. The van der Waals surface area contributed by atoms with Crippen LogP contribution in [0.15, 0.2) is 29.5 Å². The quantitative estimate of drug-likeness (QED) is 0.595. The summed E-state index contributed by atoms with van der Waals surface area (Å²) in [4.78, 5) is 1.73. The van der Waals surface area contributed by atoms with E-state index in [1.807, 2.05) is 14.0 Å². The molecule has 59 valence electrons. The zero-order chi connectivity index (χ0) is 8.43.